The third kappa shape index (κ3) is 2.16. The van der Waals surface area contributed by atoms with Crippen LogP contribution in [0.5, 0.6) is 0 Å². The lowest BCUT2D eigenvalue weighted by atomic mass is 10.1. The zero-order chi connectivity index (χ0) is 13.4. The van der Waals surface area contributed by atoms with E-state index in [1.165, 1.54) is 18.9 Å². The number of nitrogens with one attached hydrogen (secondary N) is 1. The molecule has 0 bridgehead atoms. The molecular weight excluding hydrogens is 244 g/mol. The lowest BCUT2D eigenvalue weighted by Crippen LogP contribution is -2.43. The molecule has 100 valence electrons. The van der Waals surface area contributed by atoms with E-state index in [9.17, 15) is 9.59 Å². The minimum absolute atomic E-state index is 0.0255. The molecule has 5 nitrogen and oxygen atoms in total. The minimum Gasteiger partial charge on any atom is -0.478 e. The Balaban J connectivity index is 2.01. The van der Waals surface area contributed by atoms with Gasteiger partial charge in [0.15, 0.2) is 0 Å². The number of hydrogen-bond donors (Lipinski definition) is 2. The van der Waals surface area contributed by atoms with Crippen molar-refractivity contribution in [1.82, 2.24) is 0 Å². The third-order valence-electron chi connectivity index (χ3n) is 3.91. The Labute approximate surface area is 111 Å². The van der Waals surface area contributed by atoms with Crippen molar-refractivity contribution in [2.24, 2.45) is 0 Å². The van der Waals surface area contributed by atoms with Crippen LogP contribution in [0.25, 0.3) is 0 Å². The first-order chi connectivity index (χ1) is 9.15. The average molecular weight is 260 g/mol. The first-order valence-corrected chi connectivity index (χ1v) is 6.59. The first kappa shape index (κ1) is 12.0. The predicted octanol–water partition coefficient (Wildman–Crippen LogP) is 2.09. The van der Waals surface area contributed by atoms with Gasteiger partial charge in [-0.2, -0.15) is 0 Å². The Morgan fingerprint density at radius 3 is 2.74 bits per heavy atom. The third-order valence-corrected chi connectivity index (χ3v) is 3.91. The van der Waals surface area contributed by atoms with E-state index in [-0.39, 0.29) is 11.5 Å². The molecule has 2 aliphatic rings. The molecule has 0 radical (unpaired) electrons. The van der Waals surface area contributed by atoms with Gasteiger partial charge in [0.25, 0.3) is 0 Å². The van der Waals surface area contributed by atoms with Gasteiger partial charge in [-0.1, -0.05) is 12.8 Å². The molecule has 1 amide bonds. The topological polar surface area (TPSA) is 69.6 Å². The van der Waals surface area contributed by atoms with E-state index >= 15 is 0 Å². The summed E-state index contributed by atoms with van der Waals surface area (Å²) >= 11 is 0. The highest BCUT2D eigenvalue weighted by atomic mass is 16.4. The first-order valence-electron chi connectivity index (χ1n) is 6.59. The van der Waals surface area contributed by atoms with Crippen LogP contribution in [-0.4, -0.2) is 29.6 Å². The summed E-state index contributed by atoms with van der Waals surface area (Å²) in [6, 6.07) is 5.22. The van der Waals surface area contributed by atoms with Crippen LogP contribution in [0.4, 0.5) is 11.4 Å². The molecule has 0 atom stereocenters. The molecule has 1 aromatic rings. The van der Waals surface area contributed by atoms with Crippen LogP contribution in [0, 0.1) is 0 Å². The number of nitrogens with zero attached hydrogens (tertiary/aromatic N) is 1. The second kappa shape index (κ2) is 4.57. The van der Waals surface area contributed by atoms with Gasteiger partial charge in [0.1, 0.15) is 0 Å². The molecular formula is C14H16N2O3. The normalized spacial score (nSPS) is 19.2. The maximum atomic E-state index is 11.7. The van der Waals surface area contributed by atoms with Crippen molar-refractivity contribution in [3.63, 3.8) is 0 Å². The fraction of sp³-hybridized carbons (Fsp3) is 0.429. The average Bonchev–Trinajstić information content (AvgIpc) is 2.90. The summed E-state index contributed by atoms with van der Waals surface area (Å²) in [5.74, 6) is -0.964. The van der Waals surface area contributed by atoms with Crippen LogP contribution < -0.4 is 10.2 Å². The Morgan fingerprint density at radius 1 is 1.32 bits per heavy atom. The maximum absolute atomic E-state index is 11.7. The van der Waals surface area contributed by atoms with Crippen molar-refractivity contribution < 1.29 is 14.7 Å². The number of anilines is 2. The van der Waals surface area contributed by atoms with E-state index in [1.807, 2.05) is 0 Å². The summed E-state index contributed by atoms with van der Waals surface area (Å²) in [6.45, 7) is 0.320. The van der Waals surface area contributed by atoms with Gasteiger partial charge in [0.05, 0.1) is 23.5 Å². The number of amides is 1. The molecule has 19 heavy (non-hydrogen) atoms. The van der Waals surface area contributed by atoms with Crippen molar-refractivity contribution in [2.45, 2.75) is 31.7 Å². The van der Waals surface area contributed by atoms with Gasteiger partial charge in [-0.25, -0.2) is 4.79 Å². The molecule has 1 aliphatic heterocycles. The lowest BCUT2D eigenvalue weighted by molar-refractivity contribution is -0.115. The molecule has 1 aliphatic carbocycles. The van der Waals surface area contributed by atoms with Gasteiger partial charge in [0, 0.05) is 6.04 Å². The van der Waals surface area contributed by atoms with Gasteiger partial charge in [-0.05, 0) is 31.0 Å². The number of hydrogen-bond acceptors (Lipinski definition) is 3. The van der Waals surface area contributed by atoms with Crippen molar-refractivity contribution in [3.05, 3.63) is 23.8 Å². The highest BCUT2D eigenvalue weighted by Crippen LogP contribution is 2.36. The van der Waals surface area contributed by atoms with Crippen molar-refractivity contribution in [3.8, 4) is 0 Å². The summed E-state index contributed by atoms with van der Waals surface area (Å²) in [5, 5.41) is 11.9. The summed E-state index contributed by atoms with van der Waals surface area (Å²) in [4.78, 5) is 24.9. The second-order valence-electron chi connectivity index (χ2n) is 5.15. The van der Waals surface area contributed by atoms with Crippen LogP contribution in [0.2, 0.25) is 0 Å². The van der Waals surface area contributed by atoms with Gasteiger partial charge in [0.2, 0.25) is 5.91 Å². The Morgan fingerprint density at radius 2 is 2.05 bits per heavy atom. The number of rotatable bonds is 2. The maximum Gasteiger partial charge on any atom is 0.335 e. The highest BCUT2D eigenvalue weighted by molar-refractivity contribution is 6.02. The zero-order valence-electron chi connectivity index (χ0n) is 10.6. The molecule has 2 N–H and O–H groups in total. The number of carboxylic acids is 1. The van der Waals surface area contributed by atoms with Crippen molar-refractivity contribution in [1.29, 1.82) is 0 Å². The van der Waals surface area contributed by atoms with Crippen LogP contribution in [0.3, 0.4) is 0 Å². The van der Waals surface area contributed by atoms with Gasteiger partial charge >= 0.3 is 5.97 Å². The fourth-order valence-corrected chi connectivity index (χ4v) is 2.98. The Kier molecular flexibility index (Phi) is 2.89. The molecule has 0 unspecified atom stereocenters. The molecule has 3 rings (SSSR count). The molecule has 0 saturated heterocycles. The number of aromatic carboxylic acids is 1. The summed E-state index contributed by atoms with van der Waals surface area (Å²) in [6.07, 6.45) is 4.50. The summed E-state index contributed by atoms with van der Waals surface area (Å²) in [7, 11) is 0. The molecule has 5 heteroatoms. The SMILES string of the molecule is O=C1CN(C2CCCC2)c2cc(C(=O)O)ccc2N1. The molecule has 0 spiro atoms. The van der Waals surface area contributed by atoms with E-state index in [2.05, 4.69) is 10.2 Å². The molecule has 1 aromatic carbocycles. The van der Waals surface area contributed by atoms with Crippen LogP contribution in [0.1, 0.15) is 36.0 Å². The van der Waals surface area contributed by atoms with Crippen LogP contribution >= 0.6 is 0 Å². The number of carboxylic acid groups (broad SMARTS) is 1. The quantitative estimate of drug-likeness (QED) is 0.854. The van der Waals surface area contributed by atoms with Crippen LogP contribution in [0.15, 0.2) is 18.2 Å². The number of benzene rings is 1. The number of carbonyl (C=O) groups excluding carboxylic acids is 1. The second-order valence-corrected chi connectivity index (χ2v) is 5.15. The van der Waals surface area contributed by atoms with E-state index in [0.717, 1.165) is 18.5 Å². The molecule has 0 aromatic heterocycles. The van der Waals surface area contributed by atoms with E-state index in [4.69, 9.17) is 5.11 Å². The molecule has 1 fully saturated rings. The monoisotopic (exact) mass is 260 g/mol. The van der Waals surface area contributed by atoms with Crippen LogP contribution in [-0.2, 0) is 4.79 Å². The van der Waals surface area contributed by atoms with Gasteiger partial charge in [-0.15, -0.1) is 0 Å². The molecule has 1 saturated carbocycles. The van der Waals surface area contributed by atoms with E-state index in [0.29, 0.717) is 18.3 Å². The number of fused-ring (bicyclic) bond motifs is 1. The summed E-state index contributed by atoms with van der Waals surface area (Å²) < 4.78 is 0. The highest BCUT2D eigenvalue weighted by Gasteiger charge is 2.30. The Hall–Kier alpha value is -2.04. The number of carbonyl (C=O) groups is 2. The van der Waals surface area contributed by atoms with Gasteiger partial charge in [-0.3, -0.25) is 4.79 Å². The van der Waals surface area contributed by atoms with E-state index in [1.54, 1.807) is 12.1 Å². The standard InChI is InChI=1S/C14H16N2O3/c17-13-8-16(10-3-1-2-4-10)12-7-9(14(18)19)5-6-11(12)15-13/h5-7,10H,1-4,8H2,(H,15,17)(H,18,19). The minimum atomic E-state index is -0.939. The Bertz CT molecular complexity index is 535. The lowest BCUT2D eigenvalue weighted by Gasteiger charge is -2.35. The van der Waals surface area contributed by atoms with Crippen molar-refractivity contribution >= 4 is 23.3 Å². The zero-order valence-corrected chi connectivity index (χ0v) is 10.6. The van der Waals surface area contributed by atoms with Crippen molar-refractivity contribution in [2.75, 3.05) is 16.8 Å². The summed E-state index contributed by atoms with van der Waals surface area (Å²) in [5.41, 5.74) is 1.82. The molecule has 1 heterocycles. The van der Waals surface area contributed by atoms with E-state index < -0.39 is 5.97 Å². The smallest absolute Gasteiger partial charge is 0.335 e. The predicted molar refractivity (Wildman–Crippen MR) is 71.6 cm³/mol. The fourth-order valence-electron chi connectivity index (χ4n) is 2.98. The largest absolute Gasteiger partial charge is 0.478 e. The van der Waals surface area contributed by atoms with Gasteiger partial charge < -0.3 is 15.3 Å².